The van der Waals surface area contributed by atoms with Crippen LogP contribution in [0.1, 0.15) is 48.9 Å². The number of hydrogen-bond donors (Lipinski definition) is 0. The summed E-state index contributed by atoms with van der Waals surface area (Å²) in [4.78, 5) is 0. The molecule has 1 atom stereocenters. The topological polar surface area (TPSA) is 17.8 Å². The number of rotatable bonds is 5. The smallest absolute Gasteiger partial charge is 0.0631 e. The molecule has 0 amide bonds. The maximum Gasteiger partial charge on any atom is 0.0631 e. The first-order valence-electron chi connectivity index (χ1n) is 7.61. The van der Waals surface area contributed by atoms with Crippen LogP contribution in [-0.2, 0) is 6.42 Å². The van der Waals surface area contributed by atoms with E-state index < -0.39 is 0 Å². The van der Waals surface area contributed by atoms with E-state index in [0.29, 0.717) is 12.0 Å². The number of hydrogen-bond acceptors (Lipinski definition) is 1. The van der Waals surface area contributed by atoms with Crippen molar-refractivity contribution in [1.29, 1.82) is 0 Å². The second kappa shape index (κ2) is 7.10. The third kappa shape index (κ3) is 3.78. The first-order chi connectivity index (χ1) is 10.3. The van der Waals surface area contributed by atoms with Crippen molar-refractivity contribution in [2.75, 3.05) is 5.33 Å². The number of alkyl halides is 1. The predicted octanol–water partition coefficient (Wildman–Crippen LogP) is 5.48. The van der Waals surface area contributed by atoms with Crippen molar-refractivity contribution >= 4 is 31.9 Å². The van der Waals surface area contributed by atoms with E-state index in [1.54, 1.807) is 0 Å². The van der Waals surface area contributed by atoms with Gasteiger partial charge >= 0.3 is 0 Å². The van der Waals surface area contributed by atoms with E-state index in [4.69, 9.17) is 5.10 Å². The van der Waals surface area contributed by atoms with Crippen molar-refractivity contribution in [2.24, 2.45) is 0 Å². The Kier molecular flexibility index (Phi) is 5.17. The highest BCUT2D eigenvalue weighted by Gasteiger charge is 2.19. The summed E-state index contributed by atoms with van der Waals surface area (Å²) in [6, 6.07) is 11.4. The Labute approximate surface area is 143 Å². The summed E-state index contributed by atoms with van der Waals surface area (Å²) >= 11 is 7.22. The lowest BCUT2D eigenvalue weighted by atomic mass is 9.96. The molecule has 0 saturated heterocycles. The zero-order chi connectivity index (χ0) is 14.7. The summed E-state index contributed by atoms with van der Waals surface area (Å²) in [5, 5.41) is 5.77. The number of aromatic nitrogens is 2. The first kappa shape index (κ1) is 15.3. The molecule has 0 spiro atoms. The van der Waals surface area contributed by atoms with Crippen molar-refractivity contribution in [3.05, 3.63) is 52.3 Å². The molecule has 1 saturated carbocycles. The van der Waals surface area contributed by atoms with Gasteiger partial charge in [0.2, 0.25) is 0 Å². The van der Waals surface area contributed by atoms with Crippen molar-refractivity contribution in [2.45, 2.75) is 44.1 Å². The molecule has 21 heavy (non-hydrogen) atoms. The molecule has 2 nitrogen and oxygen atoms in total. The van der Waals surface area contributed by atoms with E-state index in [2.05, 4.69) is 73.1 Å². The van der Waals surface area contributed by atoms with Crippen molar-refractivity contribution in [1.82, 2.24) is 9.78 Å². The second-order valence-electron chi connectivity index (χ2n) is 5.84. The van der Waals surface area contributed by atoms with Gasteiger partial charge in [-0.05, 0) is 48.9 Å². The first-order valence-corrected chi connectivity index (χ1v) is 9.53. The molecule has 2 aromatic rings. The Bertz CT molecular complexity index is 588. The van der Waals surface area contributed by atoms with E-state index in [0.717, 1.165) is 16.2 Å². The minimum absolute atomic E-state index is 0.467. The van der Waals surface area contributed by atoms with Gasteiger partial charge in [-0.3, -0.25) is 4.68 Å². The van der Waals surface area contributed by atoms with Gasteiger partial charge in [-0.15, -0.1) is 0 Å². The number of benzene rings is 1. The third-order valence-corrected chi connectivity index (χ3v) is 5.60. The Morgan fingerprint density at radius 3 is 2.76 bits per heavy atom. The molecule has 0 aliphatic heterocycles. The lowest BCUT2D eigenvalue weighted by Gasteiger charge is -2.14. The molecule has 0 bridgehead atoms. The Hall–Kier alpha value is -0.610. The molecule has 1 aliphatic rings. The van der Waals surface area contributed by atoms with Crippen molar-refractivity contribution in [3.8, 4) is 0 Å². The molecule has 1 aliphatic carbocycles. The van der Waals surface area contributed by atoms with Crippen molar-refractivity contribution < 1.29 is 0 Å². The van der Waals surface area contributed by atoms with Crippen LogP contribution in [0.3, 0.4) is 0 Å². The van der Waals surface area contributed by atoms with E-state index >= 15 is 0 Å². The molecule has 112 valence electrons. The van der Waals surface area contributed by atoms with Crippen LogP contribution < -0.4 is 0 Å². The quantitative estimate of drug-likeness (QED) is 0.595. The fraction of sp³-hybridized carbons (Fsp3) is 0.471. The highest BCUT2D eigenvalue weighted by molar-refractivity contribution is 9.10. The predicted molar refractivity (Wildman–Crippen MR) is 94.1 cm³/mol. The maximum absolute atomic E-state index is 4.81. The van der Waals surface area contributed by atoms with Crippen LogP contribution in [-0.4, -0.2) is 15.1 Å². The van der Waals surface area contributed by atoms with E-state index in [1.165, 1.54) is 36.9 Å². The summed E-state index contributed by atoms with van der Waals surface area (Å²) in [6.07, 6.45) is 8.42. The van der Waals surface area contributed by atoms with Crippen LogP contribution in [0.4, 0.5) is 0 Å². The summed E-state index contributed by atoms with van der Waals surface area (Å²) in [6.45, 7) is 0. The third-order valence-electron chi connectivity index (χ3n) is 4.32. The molecule has 1 unspecified atom stereocenters. The highest BCUT2D eigenvalue weighted by Crippen LogP contribution is 2.30. The van der Waals surface area contributed by atoms with E-state index in [-0.39, 0.29) is 0 Å². The molecule has 0 N–H and O–H groups in total. The molecule has 0 radical (unpaired) electrons. The zero-order valence-corrected chi connectivity index (χ0v) is 15.2. The van der Waals surface area contributed by atoms with Gasteiger partial charge < -0.3 is 0 Å². The molecule has 1 aromatic carbocycles. The van der Waals surface area contributed by atoms with Crippen LogP contribution in [0.2, 0.25) is 0 Å². The minimum Gasteiger partial charge on any atom is -0.269 e. The normalized spacial score (nSPS) is 17.2. The molecule has 1 aromatic heterocycles. The summed E-state index contributed by atoms with van der Waals surface area (Å²) in [7, 11) is 0. The van der Waals surface area contributed by atoms with Gasteiger partial charge in [-0.25, -0.2) is 0 Å². The van der Waals surface area contributed by atoms with Gasteiger partial charge in [0.1, 0.15) is 0 Å². The minimum atomic E-state index is 0.467. The summed E-state index contributed by atoms with van der Waals surface area (Å²) in [5.41, 5.74) is 2.56. The molecular weight excluding hydrogens is 392 g/mol. The SMILES string of the molecule is BrCC(Cc1ccn(C2CCCC2)n1)c1cccc(Br)c1. The van der Waals surface area contributed by atoms with E-state index in [9.17, 15) is 0 Å². The van der Waals surface area contributed by atoms with Crippen LogP contribution in [0.25, 0.3) is 0 Å². The number of nitrogens with zero attached hydrogens (tertiary/aromatic N) is 2. The molecule has 1 fully saturated rings. The maximum atomic E-state index is 4.81. The molecular formula is C17H20Br2N2. The van der Waals surface area contributed by atoms with Gasteiger partial charge in [0.15, 0.2) is 0 Å². The molecule has 3 rings (SSSR count). The average molecular weight is 412 g/mol. The number of halogens is 2. The van der Waals surface area contributed by atoms with Gasteiger partial charge in [-0.1, -0.05) is 56.8 Å². The standard InChI is InChI=1S/C17H20Br2N2/c18-12-14(13-4-3-5-15(19)10-13)11-16-8-9-21(20-16)17-6-1-2-7-17/h3-5,8-10,14,17H,1-2,6-7,11-12H2. The fourth-order valence-electron chi connectivity index (χ4n) is 3.13. The Balaban J connectivity index is 1.72. The lowest BCUT2D eigenvalue weighted by Crippen LogP contribution is -2.08. The van der Waals surface area contributed by atoms with Crippen LogP contribution in [0, 0.1) is 0 Å². The van der Waals surface area contributed by atoms with Gasteiger partial charge in [-0.2, -0.15) is 5.10 Å². The van der Waals surface area contributed by atoms with Crippen LogP contribution in [0.5, 0.6) is 0 Å². The molecule has 4 heteroatoms. The average Bonchev–Trinajstić information content (AvgIpc) is 3.15. The van der Waals surface area contributed by atoms with Gasteiger partial charge in [0.25, 0.3) is 0 Å². The largest absolute Gasteiger partial charge is 0.269 e. The van der Waals surface area contributed by atoms with Gasteiger partial charge in [0.05, 0.1) is 11.7 Å². The van der Waals surface area contributed by atoms with Crippen molar-refractivity contribution in [3.63, 3.8) is 0 Å². The van der Waals surface area contributed by atoms with Crippen LogP contribution in [0.15, 0.2) is 41.0 Å². The highest BCUT2D eigenvalue weighted by atomic mass is 79.9. The fourth-order valence-corrected chi connectivity index (χ4v) is 4.15. The Morgan fingerprint density at radius 1 is 1.24 bits per heavy atom. The van der Waals surface area contributed by atoms with Gasteiger partial charge in [0, 0.05) is 16.0 Å². The summed E-state index contributed by atoms with van der Waals surface area (Å²) < 4.78 is 3.33. The second-order valence-corrected chi connectivity index (χ2v) is 7.40. The monoisotopic (exact) mass is 410 g/mol. The Morgan fingerprint density at radius 2 is 2.05 bits per heavy atom. The van der Waals surface area contributed by atoms with E-state index in [1.807, 2.05) is 0 Å². The lowest BCUT2D eigenvalue weighted by molar-refractivity contribution is 0.462. The summed E-state index contributed by atoms with van der Waals surface area (Å²) in [5.74, 6) is 0.467. The zero-order valence-electron chi connectivity index (χ0n) is 12.0. The van der Waals surface area contributed by atoms with Crippen LogP contribution >= 0.6 is 31.9 Å². The molecule has 1 heterocycles.